The lowest BCUT2D eigenvalue weighted by molar-refractivity contribution is 0.340. The fourth-order valence-electron chi connectivity index (χ4n) is 1.97. The molecule has 1 saturated carbocycles. The first-order chi connectivity index (χ1) is 9.13. The largest absolute Gasteiger partial charge is 0.338 e. The van der Waals surface area contributed by atoms with E-state index in [9.17, 15) is 4.39 Å². The van der Waals surface area contributed by atoms with E-state index in [0.717, 1.165) is 18.4 Å². The molecular formula is C13H13ClFN3O. The Balaban J connectivity index is 1.76. The van der Waals surface area contributed by atoms with Crippen molar-refractivity contribution in [3.63, 3.8) is 0 Å². The van der Waals surface area contributed by atoms with Gasteiger partial charge in [-0.25, -0.2) is 4.39 Å². The molecule has 1 fully saturated rings. The van der Waals surface area contributed by atoms with Crippen LogP contribution in [0.2, 0.25) is 5.02 Å². The zero-order valence-electron chi connectivity index (χ0n) is 10.1. The van der Waals surface area contributed by atoms with Crippen molar-refractivity contribution in [2.45, 2.75) is 25.3 Å². The van der Waals surface area contributed by atoms with E-state index in [1.54, 1.807) is 6.07 Å². The highest BCUT2D eigenvalue weighted by Crippen LogP contribution is 2.38. The maximum absolute atomic E-state index is 12.9. The fraction of sp³-hybridized carbons (Fsp3) is 0.385. The Morgan fingerprint density at radius 3 is 2.95 bits per heavy atom. The second-order valence-corrected chi connectivity index (χ2v) is 5.23. The molecule has 1 aliphatic rings. The number of halogens is 2. The van der Waals surface area contributed by atoms with Crippen LogP contribution in [0.4, 0.5) is 4.39 Å². The third-order valence-corrected chi connectivity index (χ3v) is 3.61. The predicted octanol–water partition coefficient (Wildman–Crippen LogP) is 2.86. The molecule has 19 heavy (non-hydrogen) atoms. The van der Waals surface area contributed by atoms with Gasteiger partial charge in [0.25, 0.3) is 0 Å². The first-order valence-corrected chi connectivity index (χ1v) is 6.53. The van der Waals surface area contributed by atoms with E-state index in [1.807, 2.05) is 0 Å². The summed E-state index contributed by atoms with van der Waals surface area (Å²) < 4.78 is 18.1. The van der Waals surface area contributed by atoms with Crippen molar-refractivity contribution < 1.29 is 8.91 Å². The molecule has 1 aliphatic carbocycles. The molecule has 1 atom stereocenters. The van der Waals surface area contributed by atoms with Crippen LogP contribution in [-0.4, -0.2) is 10.1 Å². The highest BCUT2D eigenvalue weighted by atomic mass is 35.5. The molecule has 2 aromatic rings. The van der Waals surface area contributed by atoms with E-state index in [4.69, 9.17) is 21.9 Å². The molecule has 1 unspecified atom stereocenters. The van der Waals surface area contributed by atoms with Gasteiger partial charge in [-0.3, -0.25) is 0 Å². The molecular weight excluding hydrogens is 269 g/mol. The minimum absolute atomic E-state index is 0.176. The van der Waals surface area contributed by atoms with Gasteiger partial charge in [0.1, 0.15) is 5.82 Å². The Labute approximate surface area is 114 Å². The molecule has 0 radical (unpaired) electrons. The van der Waals surface area contributed by atoms with Crippen LogP contribution in [0.15, 0.2) is 22.7 Å². The van der Waals surface area contributed by atoms with Gasteiger partial charge in [0.15, 0.2) is 5.82 Å². The van der Waals surface area contributed by atoms with Crippen LogP contribution in [0.5, 0.6) is 0 Å². The summed E-state index contributed by atoms with van der Waals surface area (Å²) in [5.41, 5.74) is 6.74. The quantitative estimate of drug-likeness (QED) is 0.936. The van der Waals surface area contributed by atoms with Gasteiger partial charge in [0.05, 0.1) is 6.04 Å². The minimum Gasteiger partial charge on any atom is -0.338 e. The SMILES string of the molecule is NC(c1nc(Cc2ccc(F)cc2Cl)no1)C1CC1. The zero-order valence-corrected chi connectivity index (χ0v) is 10.9. The van der Waals surface area contributed by atoms with Crippen LogP contribution < -0.4 is 5.73 Å². The van der Waals surface area contributed by atoms with E-state index >= 15 is 0 Å². The standard InChI is InChI=1S/C13H13ClFN3O/c14-10-6-9(15)4-3-8(10)5-11-17-13(19-18-11)12(16)7-1-2-7/h3-4,6-7,12H,1-2,5,16H2. The first kappa shape index (κ1) is 12.6. The second kappa shape index (κ2) is 4.90. The molecule has 1 heterocycles. The molecule has 3 rings (SSSR count). The Hall–Kier alpha value is -1.46. The normalized spacial score (nSPS) is 16.6. The summed E-state index contributed by atoms with van der Waals surface area (Å²) >= 11 is 5.96. The molecule has 0 aliphatic heterocycles. The average molecular weight is 282 g/mol. The molecule has 100 valence electrons. The van der Waals surface area contributed by atoms with Crippen LogP contribution in [0.3, 0.4) is 0 Å². The second-order valence-electron chi connectivity index (χ2n) is 4.82. The van der Waals surface area contributed by atoms with Crippen molar-refractivity contribution in [2.24, 2.45) is 11.7 Å². The van der Waals surface area contributed by atoms with E-state index < -0.39 is 0 Å². The summed E-state index contributed by atoms with van der Waals surface area (Å²) in [6.45, 7) is 0. The van der Waals surface area contributed by atoms with Crippen LogP contribution in [0, 0.1) is 11.7 Å². The zero-order chi connectivity index (χ0) is 13.4. The van der Waals surface area contributed by atoms with Crippen LogP contribution >= 0.6 is 11.6 Å². The Kier molecular flexibility index (Phi) is 3.24. The Morgan fingerprint density at radius 1 is 1.47 bits per heavy atom. The molecule has 0 amide bonds. The number of hydrogen-bond acceptors (Lipinski definition) is 4. The molecule has 1 aromatic heterocycles. The molecule has 2 N–H and O–H groups in total. The van der Waals surface area contributed by atoms with Crippen LogP contribution in [-0.2, 0) is 6.42 Å². The van der Waals surface area contributed by atoms with Crippen molar-refractivity contribution in [1.29, 1.82) is 0 Å². The van der Waals surface area contributed by atoms with Gasteiger partial charge in [0, 0.05) is 11.4 Å². The number of nitrogens with zero attached hydrogens (tertiary/aromatic N) is 2. The monoisotopic (exact) mass is 281 g/mol. The van der Waals surface area contributed by atoms with E-state index in [2.05, 4.69) is 10.1 Å². The number of nitrogens with two attached hydrogens (primary N) is 1. The summed E-state index contributed by atoms with van der Waals surface area (Å²) in [7, 11) is 0. The highest BCUT2D eigenvalue weighted by molar-refractivity contribution is 6.31. The van der Waals surface area contributed by atoms with Gasteiger partial charge >= 0.3 is 0 Å². The summed E-state index contributed by atoms with van der Waals surface area (Å²) in [4.78, 5) is 4.28. The molecule has 0 bridgehead atoms. The first-order valence-electron chi connectivity index (χ1n) is 6.15. The molecule has 0 saturated heterocycles. The predicted molar refractivity (Wildman–Crippen MR) is 68.2 cm³/mol. The fourth-order valence-corrected chi connectivity index (χ4v) is 2.20. The Bertz CT molecular complexity index is 597. The van der Waals surface area contributed by atoms with Crippen LogP contribution in [0.25, 0.3) is 0 Å². The Morgan fingerprint density at radius 2 is 2.26 bits per heavy atom. The minimum atomic E-state index is -0.363. The maximum Gasteiger partial charge on any atom is 0.243 e. The van der Waals surface area contributed by atoms with Crippen molar-refractivity contribution in [3.8, 4) is 0 Å². The summed E-state index contributed by atoms with van der Waals surface area (Å²) in [5.74, 6) is 1.08. The topological polar surface area (TPSA) is 64.9 Å². The van der Waals surface area contributed by atoms with Gasteiger partial charge in [0.2, 0.25) is 5.89 Å². The number of aromatic nitrogens is 2. The van der Waals surface area contributed by atoms with Crippen molar-refractivity contribution in [3.05, 3.63) is 46.3 Å². The number of rotatable bonds is 4. The molecule has 6 heteroatoms. The van der Waals surface area contributed by atoms with Crippen molar-refractivity contribution in [1.82, 2.24) is 10.1 Å². The summed E-state index contributed by atoms with van der Waals surface area (Å²) in [6.07, 6.45) is 2.63. The van der Waals surface area contributed by atoms with E-state index in [1.165, 1.54) is 12.1 Å². The summed E-state index contributed by atoms with van der Waals surface area (Å²) in [5, 5.41) is 4.25. The average Bonchev–Trinajstić information content (AvgIpc) is 3.12. The van der Waals surface area contributed by atoms with Crippen molar-refractivity contribution in [2.75, 3.05) is 0 Å². The highest BCUT2D eigenvalue weighted by Gasteiger charge is 2.33. The van der Waals surface area contributed by atoms with Crippen LogP contribution in [0.1, 0.15) is 36.2 Å². The summed E-state index contributed by atoms with van der Waals surface area (Å²) in [6, 6.07) is 4.07. The lowest BCUT2D eigenvalue weighted by Gasteiger charge is -2.02. The molecule has 1 aromatic carbocycles. The van der Waals surface area contributed by atoms with Crippen molar-refractivity contribution >= 4 is 11.6 Å². The molecule has 4 nitrogen and oxygen atoms in total. The maximum atomic E-state index is 12.9. The van der Waals surface area contributed by atoms with Gasteiger partial charge in [-0.15, -0.1) is 0 Å². The van der Waals surface area contributed by atoms with Gasteiger partial charge in [-0.1, -0.05) is 22.8 Å². The number of hydrogen-bond donors (Lipinski definition) is 1. The van der Waals surface area contributed by atoms with E-state index in [0.29, 0.717) is 29.1 Å². The smallest absolute Gasteiger partial charge is 0.243 e. The van der Waals surface area contributed by atoms with E-state index in [-0.39, 0.29) is 11.9 Å². The van der Waals surface area contributed by atoms with Gasteiger partial charge in [-0.05, 0) is 36.5 Å². The third kappa shape index (κ3) is 2.77. The number of benzene rings is 1. The van der Waals surface area contributed by atoms with Gasteiger partial charge < -0.3 is 10.3 Å². The lowest BCUT2D eigenvalue weighted by Crippen LogP contribution is -2.12. The molecule has 0 spiro atoms. The van der Waals surface area contributed by atoms with Gasteiger partial charge in [-0.2, -0.15) is 4.98 Å². The lowest BCUT2D eigenvalue weighted by atomic mass is 10.1. The third-order valence-electron chi connectivity index (χ3n) is 3.26.